The molecule has 0 spiro atoms. The van der Waals surface area contributed by atoms with Gasteiger partial charge in [-0.05, 0) is 31.7 Å². The quantitative estimate of drug-likeness (QED) is 0.618. The maximum absolute atomic E-state index is 14.0. The summed E-state index contributed by atoms with van der Waals surface area (Å²) in [6.07, 6.45) is 6.31. The number of pyridine rings is 1. The summed E-state index contributed by atoms with van der Waals surface area (Å²) in [6.45, 7) is 0.973. The van der Waals surface area contributed by atoms with Crippen LogP contribution in [0.15, 0.2) is 30.6 Å². The maximum Gasteiger partial charge on any atom is 0.172 e. The van der Waals surface area contributed by atoms with Crippen molar-refractivity contribution in [1.82, 2.24) is 15.0 Å². The topological polar surface area (TPSA) is 71.0 Å². The number of hydrogen-bond donors (Lipinski definition) is 1. The van der Waals surface area contributed by atoms with E-state index in [9.17, 15) is 18.0 Å². The number of halogens is 3. The summed E-state index contributed by atoms with van der Waals surface area (Å²) in [5, 5.41) is 3.42. The van der Waals surface area contributed by atoms with Crippen LogP contribution in [-0.2, 0) is 0 Å². The highest BCUT2D eigenvalue weighted by Gasteiger charge is 2.32. The van der Waals surface area contributed by atoms with Crippen molar-refractivity contribution in [3.63, 3.8) is 0 Å². The van der Waals surface area contributed by atoms with Crippen LogP contribution in [0.4, 0.5) is 24.8 Å². The minimum absolute atomic E-state index is 0.385. The number of anilines is 2. The molecule has 5 rings (SSSR count). The lowest BCUT2D eigenvalue weighted by Crippen LogP contribution is -2.38. The summed E-state index contributed by atoms with van der Waals surface area (Å²) < 4.78 is 41.3. The zero-order valence-electron chi connectivity index (χ0n) is 16.6. The van der Waals surface area contributed by atoms with Crippen LogP contribution in [0.1, 0.15) is 36.0 Å². The first-order valence-electron chi connectivity index (χ1n) is 10.3. The minimum atomic E-state index is -1.16. The van der Waals surface area contributed by atoms with Crippen molar-refractivity contribution in [2.75, 3.05) is 23.3 Å². The second-order valence-electron chi connectivity index (χ2n) is 8.05. The van der Waals surface area contributed by atoms with Gasteiger partial charge in [0.2, 0.25) is 0 Å². The molecule has 0 atom stereocenters. The van der Waals surface area contributed by atoms with E-state index in [0.717, 1.165) is 18.4 Å². The Labute approximate surface area is 176 Å². The Morgan fingerprint density at radius 1 is 1.00 bits per heavy atom. The number of hydrogen-bond acceptors (Lipinski definition) is 6. The summed E-state index contributed by atoms with van der Waals surface area (Å²) in [6, 6.07) is 3.27. The smallest absolute Gasteiger partial charge is 0.172 e. The highest BCUT2D eigenvalue weighted by atomic mass is 19.1. The predicted molar refractivity (Wildman–Crippen MR) is 110 cm³/mol. The van der Waals surface area contributed by atoms with Crippen LogP contribution < -0.4 is 10.2 Å². The molecule has 1 aromatic carbocycles. The van der Waals surface area contributed by atoms with E-state index in [1.54, 1.807) is 18.5 Å². The van der Waals surface area contributed by atoms with Crippen molar-refractivity contribution in [3.8, 4) is 0 Å². The van der Waals surface area contributed by atoms with Crippen LogP contribution in [0.2, 0.25) is 0 Å². The number of nitrogens with one attached hydrogen (secondary N) is 1. The molecular formula is C22H20F3N5O. The largest absolute Gasteiger partial charge is 0.364 e. The molecule has 9 heteroatoms. The highest BCUT2D eigenvalue weighted by molar-refractivity contribution is 5.98. The first-order valence-corrected chi connectivity index (χ1v) is 10.3. The van der Waals surface area contributed by atoms with E-state index < -0.39 is 34.7 Å². The van der Waals surface area contributed by atoms with Gasteiger partial charge < -0.3 is 10.2 Å². The van der Waals surface area contributed by atoms with Gasteiger partial charge in [-0.15, -0.1) is 0 Å². The second-order valence-corrected chi connectivity index (χ2v) is 8.05. The standard InChI is InChI=1S/C22H20F3N5O/c23-13-9-15(24)19(16(25)10-13)20(31)12-4-7-30(8-5-12)22-21(27-14-1-2-14)28-17-3-6-26-11-18(17)29-22/h3,6,9-12,14H,1-2,4-5,7-8H2,(H,27,28). The molecule has 1 saturated heterocycles. The lowest BCUT2D eigenvalue weighted by molar-refractivity contribution is 0.0891. The first-order chi connectivity index (χ1) is 15.0. The van der Waals surface area contributed by atoms with Gasteiger partial charge in [-0.25, -0.2) is 23.1 Å². The van der Waals surface area contributed by atoms with E-state index in [4.69, 9.17) is 9.97 Å². The third kappa shape index (κ3) is 3.92. The summed E-state index contributed by atoms with van der Waals surface area (Å²) in [5.74, 6) is -3.14. The van der Waals surface area contributed by atoms with Crippen LogP contribution in [-0.4, -0.2) is 39.9 Å². The molecule has 1 aliphatic carbocycles. The molecule has 0 bridgehead atoms. The van der Waals surface area contributed by atoms with Crippen molar-refractivity contribution in [1.29, 1.82) is 0 Å². The Kier molecular flexibility index (Phi) is 4.95. The number of aromatic nitrogens is 3. The number of rotatable bonds is 5. The van der Waals surface area contributed by atoms with Crippen molar-refractivity contribution in [2.45, 2.75) is 31.7 Å². The molecule has 1 aliphatic heterocycles. The molecule has 2 aromatic heterocycles. The molecule has 2 fully saturated rings. The summed E-state index contributed by atoms with van der Waals surface area (Å²) in [7, 11) is 0. The summed E-state index contributed by atoms with van der Waals surface area (Å²) >= 11 is 0. The average Bonchev–Trinajstić information content (AvgIpc) is 3.57. The van der Waals surface area contributed by atoms with E-state index in [2.05, 4.69) is 10.3 Å². The van der Waals surface area contributed by atoms with Crippen LogP contribution in [0, 0.1) is 23.4 Å². The first kappa shape index (κ1) is 19.7. The molecule has 0 amide bonds. The van der Waals surface area contributed by atoms with Crippen molar-refractivity contribution >= 4 is 28.5 Å². The highest BCUT2D eigenvalue weighted by Crippen LogP contribution is 2.33. The summed E-state index contributed by atoms with van der Waals surface area (Å²) in [4.78, 5) is 28.3. The number of Topliss-reactive ketones (excluding diaryl/α,β-unsaturated/α-hetero) is 1. The van der Waals surface area contributed by atoms with Crippen molar-refractivity contribution in [3.05, 3.63) is 53.6 Å². The van der Waals surface area contributed by atoms with Gasteiger partial charge in [-0.3, -0.25) is 9.78 Å². The second kappa shape index (κ2) is 7.79. The van der Waals surface area contributed by atoms with Crippen LogP contribution in [0.3, 0.4) is 0 Å². The zero-order chi connectivity index (χ0) is 21.5. The zero-order valence-corrected chi connectivity index (χ0v) is 16.6. The minimum Gasteiger partial charge on any atom is -0.364 e. The molecule has 2 aliphatic rings. The Morgan fingerprint density at radius 2 is 1.71 bits per heavy atom. The fraction of sp³-hybridized carbons (Fsp3) is 0.364. The van der Waals surface area contributed by atoms with Gasteiger partial charge in [0.05, 0.1) is 17.3 Å². The van der Waals surface area contributed by atoms with Crippen molar-refractivity contribution < 1.29 is 18.0 Å². The average molecular weight is 427 g/mol. The van der Waals surface area contributed by atoms with Gasteiger partial charge in [0.15, 0.2) is 17.4 Å². The van der Waals surface area contributed by atoms with E-state index in [1.165, 1.54) is 0 Å². The molecule has 3 aromatic rings. The SMILES string of the molecule is O=C(c1c(F)cc(F)cc1F)C1CCN(c2nc3cnccc3nc2NC2CC2)CC1. The van der Waals surface area contributed by atoms with Gasteiger partial charge in [-0.1, -0.05) is 0 Å². The number of ketones is 1. The lowest BCUT2D eigenvalue weighted by Gasteiger charge is -2.33. The number of carbonyl (C=O) groups excluding carboxylic acids is 1. The molecule has 3 heterocycles. The van der Waals surface area contributed by atoms with E-state index in [-0.39, 0.29) is 0 Å². The van der Waals surface area contributed by atoms with Gasteiger partial charge in [0, 0.05) is 43.4 Å². The number of piperidine rings is 1. The maximum atomic E-state index is 14.0. The van der Waals surface area contributed by atoms with E-state index >= 15 is 0 Å². The molecule has 6 nitrogen and oxygen atoms in total. The van der Waals surface area contributed by atoms with E-state index in [0.29, 0.717) is 61.3 Å². The van der Waals surface area contributed by atoms with Gasteiger partial charge in [0.25, 0.3) is 0 Å². The molecule has 160 valence electrons. The lowest BCUT2D eigenvalue weighted by atomic mass is 9.88. The van der Waals surface area contributed by atoms with Gasteiger partial charge in [0.1, 0.15) is 23.0 Å². The monoisotopic (exact) mass is 427 g/mol. The Morgan fingerprint density at radius 3 is 2.39 bits per heavy atom. The number of nitrogens with zero attached hydrogens (tertiary/aromatic N) is 4. The number of benzene rings is 1. The molecule has 0 radical (unpaired) electrons. The molecule has 1 N–H and O–H groups in total. The van der Waals surface area contributed by atoms with Crippen LogP contribution in [0.25, 0.3) is 11.0 Å². The summed E-state index contributed by atoms with van der Waals surface area (Å²) in [5.41, 5.74) is 0.759. The normalized spacial score (nSPS) is 17.2. The number of fused-ring (bicyclic) bond motifs is 1. The van der Waals surface area contributed by atoms with Crippen LogP contribution in [0.5, 0.6) is 0 Å². The van der Waals surface area contributed by atoms with Gasteiger partial charge >= 0.3 is 0 Å². The fourth-order valence-corrected chi connectivity index (χ4v) is 3.97. The predicted octanol–water partition coefficient (Wildman–Crippen LogP) is 4.12. The number of carbonyl (C=O) groups is 1. The van der Waals surface area contributed by atoms with E-state index in [1.807, 2.05) is 4.90 Å². The molecular weight excluding hydrogens is 407 g/mol. The molecule has 31 heavy (non-hydrogen) atoms. The Balaban J connectivity index is 1.37. The van der Waals surface area contributed by atoms with Crippen molar-refractivity contribution in [2.24, 2.45) is 5.92 Å². The third-order valence-corrected chi connectivity index (χ3v) is 5.78. The van der Waals surface area contributed by atoms with Crippen LogP contribution >= 0.6 is 0 Å². The molecule has 0 unspecified atom stereocenters. The fourth-order valence-electron chi connectivity index (χ4n) is 3.97. The third-order valence-electron chi connectivity index (χ3n) is 5.78. The Bertz CT molecular complexity index is 1140. The Hall–Kier alpha value is -3.23. The molecule has 1 saturated carbocycles. The van der Waals surface area contributed by atoms with Gasteiger partial charge in [-0.2, -0.15) is 0 Å².